The highest BCUT2D eigenvalue weighted by molar-refractivity contribution is 6.00. The van der Waals surface area contributed by atoms with Gasteiger partial charge in [-0.1, -0.05) is 0 Å². The summed E-state index contributed by atoms with van der Waals surface area (Å²) >= 11 is 0. The quantitative estimate of drug-likeness (QED) is 0.254. The Balaban J connectivity index is 1.65. The van der Waals surface area contributed by atoms with Gasteiger partial charge in [-0.05, 0) is 6.07 Å². The van der Waals surface area contributed by atoms with Gasteiger partial charge in [-0.25, -0.2) is 9.59 Å². The van der Waals surface area contributed by atoms with Gasteiger partial charge in [-0.15, -0.1) is 0 Å². The zero-order chi connectivity index (χ0) is 23.2. The topological polar surface area (TPSA) is 210 Å². The maximum absolute atomic E-state index is 12.7. The SMILES string of the molecule is NC1C(=O)NC(=O)N([C@H]2CC(O)[C@@H](CO)O2)C1c1ccn([C@H]2CC(O)[C@@H](CO)O2)c(=O)n1. The van der Waals surface area contributed by atoms with Crippen LogP contribution in [0.2, 0.25) is 0 Å². The average molecular weight is 455 g/mol. The summed E-state index contributed by atoms with van der Waals surface area (Å²) in [5.41, 5.74) is 5.28. The summed E-state index contributed by atoms with van der Waals surface area (Å²) in [5.74, 6) is -0.771. The second-order valence-electron chi connectivity index (χ2n) is 7.94. The lowest BCUT2D eigenvalue weighted by Crippen LogP contribution is -2.64. The number of ether oxygens (including phenoxy) is 2. The van der Waals surface area contributed by atoms with Crippen molar-refractivity contribution < 1.29 is 39.5 Å². The molecule has 176 valence electrons. The first-order valence-electron chi connectivity index (χ1n) is 10.1. The molecule has 4 heterocycles. The Hall–Kier alpha value is -2.46. The Morgan fingerprint density at radius 3 is 2.22 bits per heavy atom. The van der Waals surface area contributed by atoms with Crippen LogP contribution in [-0.4, -0.2) is 96.7 Å². The van der Waals surface area contributed by atoms with E-state index in [2.05, 4.69) is 10.3 Å². The Kier molecular flexibility index (Phi) is 6.26. The molecular weight excluding hydrogens is 430 g/mol. The van der Waals surface area contributed by atoms with Gasteiger partial charge in [0.15, 0.2) is 0 Å². The van der Waals surface area contributed by atoms with E-state index in [1.54, 1.807) is 0 Å². The number of imide groups is 1. The van der Waals surface area contributed by atoms with Crippen LogP contribution in [-0.2, 0) is 14.3 Å². The molecule has 7 N–H and O–H groups in total. The molecule has 0 aliphatic carbocycles. The summed E-state index contributed by atoms with van der Waals surface area (Å²) in [5, 5.41) is 40.6. The van der Waals surface area contributed by atoms with E-state index in [1.165, 1.54) is 12.3 Å². The summed E-state index contributed by atoms with van der Waals surface area (Å²) in [6, 6.07) is -1.90. The summed E-state index contributed by atoms with van der Waals surface area (Å²) in [6.07, 6.45) is -4.25. The van der Waals surface area contributed by atoms with Gasteiger partial charge < -0.3 is 35.6 Å². The average Bonchev–Trinajstić information content (AvgIpc) is 3.31. The van der Waals surface area contributed by atoms with Gasteiger partial charge in [0.25, 0.3) is 0 Å². The number of amides is 3. The fourth-order valence-electron chi connectivity index (χ4n) is 4.24. The fraction of sp³-hybridized carbons (Fsp3) is 0.667. The molecule has 3 amide bonds. The van der Waals surface area contributed by atoms with Crippen LogP contribution in [0.15, 0.2) is 17.1 Å². The molecule has 8 atom stereocenters. The van der Waals surface area contributed by atoms with E-state index in [0.717, 1.165) is 9.47 Å². The van der Waals surface area contributed by atoms with Gasteiger partial charge in [0, 0.05) is 19.0 Å². The maximum Gasteiger partial charge on any atom is 0.349 e. The van der Waals surface area contributed by atoms with Gasteiger partial charge in [0.1, 0.15) is 36.7 Å². The van der Waals surface area contributed by atoms with Gasteiger partial charge >= 0.3 is 11.7 Å². The number of rotatable bonds is 5. The lowest BCUT2D eigenvalue weighted by atomic mass is 9.99. The van der Waals surface area contributed by atoms with Crippen molar-refractivity contribution in [1.29, 1.82) is 0 Å². The highest BCUT2D eigenvalue weighted by atomic mass is 16.5. The molecule has 0 bridgehead atoms. The zero-order valence-electron chi connectivity index (χ0n) is 16.9. The molecule has 32 heavy (non-hydrogen) atoms. The lowest BCUT2D eigenvalue weighted by molar-refractivity contribution is -0.129. The maximum atomic E-state index is 12.7. The number of hydrogen-bond donors (Lipinski definition) is 6. The van der Waals surface area contributed by atoms with Crippen LogP contribution in [0, 0.1) is 0 Å². The van der Waals surface area contributed by atoms with Gasteiger partial charge in [0.05, 0.1) is 31.1 Å². The fourth-order valence-corrected chi connectivity index (χ4v) is 4.24. The monoisotopic (exact) mass is 455 g/mol. The number of carbonyl (C=O) groups is 2. The van der Waals surface area contributed by atoms with Gasteiger partial charge in [-0.3, -0.25) is 19.6 Å². The van der Waals surface area contributed by atoms with Crippen molar-refractivity contribution >= 4 is 11.9 Å². The normalized spacial score (nSPS) is 37.7. The highest BCUT2D eigenvalue weighted by Crippen LogP contribution is 2.34. The molecule has 1 aromatic rings. The van der Waals surface area contributed by atoms with Gasteiger partial charge in [-0.2, -0.15) is 4.98 Å². The van der Waals surface area contributed by atoms with E-state index < -0.39 is 79.8 Å². The molecule has 4 rings (SSSR count). The Morgan fingerprint density at radius 1 is 1.06 bits per heavy atom. The van der Waals surface area contributed by atoms with Crippen LogP contribution >= 0.6 is 0 Å². The van der Waals surface area contributed by atoms with Gasteiger partial charge in [0.2, 0.25) is 5.91 Å². The van der Waals surface area contributed by atoms with Crippen molar-refractivity contribution in [3.63, 3.8) is 0 Å². The number of nitrogens with zero attached hydrogens (tertiary/aromatic N) is 3. The van der Waals surface area contributed by atoms with Crippen LogP contribution in [0.4, 0.5) is 4.79 Å². The van der Waals surface area contributed by atoms with E-state index in [4.69, 9.17) is 15.2 Å². The number of carbonyl (C=O) groups excluding carboxylic acids is 2. The molecule has 0 saturated carbocycles. The molecule has 0 radical (unpaired) electrons. The number of urea groups is 1. The second-order valence-corrected chi connectivity index (χ2v) is 7.94. The van der Waals surface area contributed by atoms with Crippen LogP contribution in [0.25, 0.3) is 0 Å². The van der Waals surface area contributed by atoms with Crippen molar-refractivity contribution in [3.05, 3.63) is 28.4 Å². The molecule has 3 saturated heterocycles. The Morgan fingerprint density at radius 2 is 1.66 bits per heavy atom. The second kappa shape index (κ2) is 8.82. The van der Waals surface area contributed by atoms with Crippen LogP contribution in [0.3, 0.4) is 0 Å². The summed E-state index contributed by atoms with van der Waals surface area (Å²) in [7, 11) is 0. The third-order valence-corrected chi connectivity index (χ3v) is 5.95. The number of aromatic nitrogens is 2. The zero-order valence-corrected chi connectivity index (χ0v) is 16.9. The molecule has 1 aromatic heterocycles. The largest absolute Gasteiger partial charge is 0.394 e. The molecule has 14 heteroatoms. The highest BCUT2D eigenvalue weighted by Gasteiger charge is 2.49. The molecule has 4 unspecified atom stereocenters. The minimum atomic E-state index is -1.28. The molecule has 3 fully saturated rings. The predicted molar refractivity (Wildman–Crippen MR) is 103 cm³/mol. The van der Waals surface area contributed by atoms with Crippen molar-refractivity contribution in [2.45, 2.75) is 61.8 Å². The first kappa shape index (κ1) is 22.7. The molecule has 3 aliphatic rings. The first-order valence-corrected chi connectivity index (χ1v) is 10.1. The van der Waals surface area contributed by atoms with Crippen molar-refractivity contribution in [1.82, 2.24) is 19.8 Å². The van der Waals surface area contributed by atoms with E-state index in [-0.39, 0.29) is 18.5 Å². The summed E-state index contributed by atoms with van der Waals surface area (Å²) in [4.78, 5) is 42.6. The third-order valence-electron chi connectivity index (χ3n) is 5.95. The van der Waals surface area contributed by atoms with Crippen LogP contribution in [0.5, 0.6) is 0 Å². The van der Waals surface area contributed by atoms with Crippen LogP contribution in [0.1, 0.15) is 30.8 Å². The van der Waals surface area contributed by atoms with Crippen molar-refractivity contribution in [2.24, 2.45) is 5.73 Å². The Labute approximate surface area is 181 Å². The number of hydrogen-bond acceptors (Lipinski definition) is 11. The number of aliphatic hydroxyl groups is 4. The van der Waals surface area contributed by atoms with E-state index >= 15 is 0 Å². The van der Waals surface area contributed by atoms with E-state index in [1.807, 2.05) is 0 Å². The molecule has 0 aromatic carbocycles. The van der Waals surface area contributed by atoms with E-state index in [0.29, 0.717) is 0 Å². The minimum Gasteiger partial charge on any atom is -0.394 e. The smallest absolute Gasteiger partial charge is 0.349 e. The minimum absolute atomic E-state index is 0.0183. The first-order chi connectivity index (χ1) is 15.2. The molecular formula is C18H25N5O9. The molecule has 3 aliphatic heterocycles. The summed E-state index contributed by atoms with van der Waals surface area (Å²) in [6.45, 7) is -0.887. The molecule has 14 nitrogen and oxygen atoms in total. The van der Waals surface area contributed by atoms with Crippen molar-refractivity contribution in [2.75, 3.05) is 13.2 Å². The number of nitrogens with two attached hydrogens (primary N) is 1. The lowest BCUT2D eigenvalue weighted by Gasteiger charge is -2.41. The number of aliphatic hydroxyl groups excluding tert-OH is 4. The summed E-state index contributed by atoms with van der Waals surface area (Å²) < 4.78 is 12.1. The Bertz CT molecular complexity index is 942. The molecule has 0 spiro atoms. The predicted octanol–water partition coefficient (Wildman–Crippen LogP) is -3.73. The van der Waals surface area contributed by atoms with Crippen LogP contribution < -0.4 is 16.7 Å². The third kappa shape index (κ3) is 3.90. The standard InChI is InChI=1S/C18H25N5O9/c19-14-15(23(18(30)21-16(14)28)13-4-9(27)11(6-25)32-13)7-1-2-22(17(29)20-7)12-3-8(26)10(5-24)31-12/h1-2,8-15,24-27H,3-6,19H2,(H,21,28,30)/t8?,9?,10-,11-,12-,13-,14?,15?/m1/s1. The number of nitrogens with one attached hydrogen (secondary N) is 1. The van der Waals surface area contributed by atoms with Crippen molar-refractivity contribution in [3.8, 4) is 0 Å². The van der Waals surface area contributed by atoms with E-state index in [9.17, 15) is 34.8 Å².